The summed E-state index contributed by atoms with van der Waals surface area (Å²) in [7, 11) is -5.01. The van der Waals surface area contributed by atoms with E-state index < -0.39 is 51.3 Å². The molecule has 0 aliphatic carbocycles. The topological polar surface area (TPSA) is 182 Å². The van der Waals surface area contributed by atoms with Crippen molar-refractivity contribution < 1.29 is 37.9 Å². The first-order valence-electron chi connectivity index (χ1n) is 11.8. The number of aromatic nitrogens is 4. The number of nitrogens with one attached hydrogen (secondary N) is 2. The van der Waals surface area contributed by atoms with Crippen LogP contribution in [0.25, 0.3) is 11.2 Å². The van der Waals surface area contributed by atoms with Crippen LogP contribution >= 0.6 is 7.82 Å². The fourth-order valence-corrected chi connectivity index (χ4v) is 4.45. The third-order valence-electron chi connectivity index (χ3n) is 5.76. The van der Waals surface area contributed by atoms with Crippen molar-refractivity contribution in [2.24, 2.45) is 0 Å². The lowest BCUT2D eigenvalue weighted by molar-refractivity contribution is -0.223. The van der Waals surface area contributed by atoms with Gasteiger partial charge in [0.1, 0.15) is 24.6 Å². The fourth-order valence-electron chi connectivity index (χ4n) is 4.11. The Hall–Kier alpha value is -3.41. The number of amides is 2. The molecule has 2 saturated heterocycles. The number of phosphoric ester groups is 1. The third kappa shape index (κ3) is 5.85. The summed E-state index contributed by atoms with van der Waals surface area (Å²) in [4.78, 5) is 45.2. The molecule has 0 saturated carbocycles. The van der Waals surface area contributed by atoms with Crippen molar-refractivity contribution in [1.29, 1.82) is 0 Å². The number of carbonyl (C=O) groups is 1. The molecular weight excluding hydrogens is 519 g/mol. The number of benzene rings is 1. The van der Waals surface area contributed by atoms with E-state index in [0.29, 0.717) is 17.7 Å². The highest BCUT2D eigenvalue weighted by Gasteiger charge is 2.54. The average molecular weight is 543 g/mol. The highest BCUT2D eigenvalue weighted by molar-refractivity contribution is 7.44. The summed E-state index contributed by atoms with van der Waals surface area (Å²) in [5.74, 6) is 6.08. The maximum absolute atomic E-state index is 12.1. The van der Waals surface area contributed by atoms with E-state index in [1.807, 2.05) is 37.3 Å². The molecule has 3 N–H and O–H groups in total. The number of hydrogen-bond acceptors (Lipinski definition) is 10. The Morgan fingerprint density at radius 2 is 2.00 bits per heavy atom. The van der Waals surface area contributed by atoms with Gasteiger partial charge in [0, 0.05) is 12.1 Å². The Balaban J connectivity index is 1.41. The number of carbonyl (C=O) groups excluding carboxylic acids is 1. The number of hydrogen-bond donors (Lipinski definition) is 3. The minimum atomic E-state index is -5.01. The number of urea groups is 1. The minimum absolute atomic E-state index is 0.194. The van der Waals surface area contributed by atoms with Crippen LogP contribution in [0.5, 0.6) is 0 Å². The maximum Gasteiger partial charge on any atom is 0.320 e. The fraction of sp³-hybridized carbons (Fsp3) is 0.391. The quantitative estimate of drug-likeness (QED) is 0.284. The van der Waals surface area contributed by atoms with Crippen molar-refractivity contribution in [3.05, 3.63) is 48.5 Å². The van der Waals surface area contributed by atoms with Crippen molar-refractivity contribution in [1.82, 2.24) is 24.8 Å². The Kier molecular flexibility index (Phi) is 7.68. The zero-order valence-corrected chi connectivity index (χ0v) is 21.0. The third-order valence-corrected chi connectivity index (χ3v) is 6.23. The molecule has 0 bridgehead atoms. The summed E-state index contributed by atoms with van der Waals surface area (Å²) in [5.41, 5.74) is 1.39. The second kappa shape index (κ2) is 11.1. The lowest BCUT2D eigenvalue weighted by Crippen LogP contribution is -2.32. The number of imidazole rings is 1. The molecule has 1 aromatic carbocycles. The average Bonchev–Trinajstić information content (AvgIpc) is 3.59. The molecule has 14 nitrogen and oxygen atoms in total. The first-order chi connectivity index (χ1) is 18.3. The van der Waals surface area contributed by atoms with Crippen LogP contribution in [-0.4, -0.2) is 68.2 Å². The lowest BCUT2D eigenvalue weighted by Gasteiger charge is -2.22. The molecule has 3 aromatic rings. The summed E-state index contributed by atoms with van der Waals surface area (Å²) >= 11 is 0. The monoisotopic (exact) mass is 543 g/mol. The van der Waals surface area contributed by atoms with Crippen molar-refractivity contribution in [2.45, 2.75) is 44.2 Å². The van der Waals surface area contributed by atoms with Gasteiger partial charge in [-0.05, 0) is 24.5 Å². The van der Waals surface area contributed by atoms with Crippen LogP contribution in [0.4, 0.5) is 10.6 Å². The largest absolute Gasteiger partial charge is 0.756 e. The van der Waals surface area contributed by atoms with Gasteiger partial charge in [0.15, 0.2) is 23.2 Å². The van der Waals surface area contributed by atoms with E-state index in [-0.39, 0.29) is 5.82 Å². The van der Waals surface area contributed by atoms with Crippen LogP contribution in [0.1, 0.15) is 25.1 Å². The standard InChI is InChI=1S/C23H25N6O8P/c1-2-10-24-23(30)28-20-17-21(26-12-25-20)29(13-27-17)22-19-18(15(35-22)11-34-38(31,32)33)36-16(37-19)9-8-14-6-4-3-5-7-14/h3-7,12-13,15-16,18-19,22H,2,10-11H2,1H3,(H2,31,32,33)(H2,24,25,26,28,30)/p-1/t15-,16?,18?,19+,22-/m1/s1. The van der Waals surface area contributed by atoms with Gasteiger partial charge in [0.25, 0.3) is 7.82 Å². The summed E-state index contributed by atoms with van der Waals surface area (Å²) in [5, 5.41) is 5.35. The molecule has 15 heteroatoms. The molecule has 2 amide bonds. The lowest BCUT2D eigenvalue weighted by atomic mass is 10.1. The molecule has 5 rings (SSSR count). The molecule has 6 atom stereocenters. The number of rotatable bonds is 7. The van der Waals surface area contributed by atoms with Crippen molar-refractivity contribution >= 4 is 30.8 Å². The SMILES string of the molecule is CCCNC(=O)Nc1ncnc2c1ncn2[C@@H]1O[C@H](COP(=O)([O-])O)C2OC(C#Cc3ccccc3)O[C@@H]21. The Morgan fingerprint density at radius 1 is 1.21 bits per heavy atom. The number of anilines is 1. The molecule has 3 unspecified atom stereocenters. The normalized spacial score (nSPS) is 25.8. The zero-order valence-electron chi connectivity index (χ0n) is 20.1. The van der Waals surface area contributed by atoms with Gasteiger partial charge >= 0.3 is 6.03 Å². The van der Waals surface area contributed by atoms with Crippen LogP contribution in [0.3, 0.4) is 0 Å². The summed E-state index contributed by atoms with van der Waals surface area (Å²) in [6.07, 6.45) is -0.790. The first kappa shape index (κ1) is 26.2. The van der Waals surface area contributed by atoms with Crippen molar-refractivity contribution in [2.75, 3.05) is 18.5 Å². The summed E-state index contributed by atoms with van der Waals surface area (Å²) < 4.78 is 35.4. The predicted molar refractivity (Wildman–Crippen MR) is 129 cm³/mol. The molecule has 4 heterocycles. The van der Waals surface area contributed by atoms with Gasteiger partial charge < -0.3 is 33.8 Å². The highest BCUT2D eigenvalue weighted by atomic mass is 31.2. The number of ether oxygens (including phenoxy) is 3. The second-order valence-electron chi connectivity index (χ2n) is 8.43. The molecule has 38 heavy (non-hydrogen) atoms. The number of phosphoric acid groups is 1. The van der Waals surface area contributed by atoms with Crippen molar-refractivity contribution in [3.63, 3.8) is 0 Å². The molecule has 2 aromatic heterocycles. The van der Waals surface area contributed by atoms with Gasteiger partial charge in [-0.25, -0.2) is 19.7 Å². The van der Waals surface area contributed by atoms with E-state index in [1.54, 1.807) is 4.57 Å². The molecule has 2 aliphatic rings. The van der Waals surface area contributed by atoms with Gasteiger partial charge in [0.05, 0.1) is 12.9 Å². The van der Waals surface area contributed by atoms with Gasteiger partial charge in [0.2, 0.25) is 6.29 Å². The maximum atomic E-state index is 12.1. The molecule has 2 aliphatic heterocycles. The van der Waals surface area contributed by atoms with E-state index in [0.717, 1.165) is 12.0 Å². The van der Waals surface area contributed by atoms with Crippen LogP contribution in [0, 0.1) is 11.8 Å². The Labute approximate surface area is 216 Å². The van der Waals surface area contributed by atoms with Gasteiger partial charge in [-0.2, -0.15) is 0 Å². The predicted octanol–water partition coefficient (Wildman–Crippen LogP) is 0.894. The van der Waals surface area contributed by atoms with E-state index in [4.69, 9.17) is 19.1 Å². The van der Waals surface area contributed by atoms with E-state index >= 15 is 0 Å². The van der Waals surface area contributed by atoms with Crippen LogP contribution in [0.2, 0.25) is 0 Å². The molecule has 0 radical (unpaired) electrons. The highest BCUT2D eigenvalue weighted by Crippen LogP contribution is 2.42. The van der Waals surface area contributed by atoms with Gasteiger partial charge in [-0.15, -0.1) is 0 Å². The summed E-state index contributed by atoms with van der Waals surface area (Å²) in [6, 6.07) is 8.82. The molecule has 0 spiro atoms. The zero-order chi connectivity index (χ0) is 26.7. The second-order valence-corrected chi connectivity index (χ2v) is 9.62. The van der Waals surface area contributed by atoms with Crippen LogP contribution in [-0.2, 0) is 23.3 Å². The molecule has 200 valence electrons. The molecular formula is C23H24N6O8P-. The van der Waals surface area contributed by atoms with E-state index in [9.17, 15) is 14.3 Å². The van der Waals surface area contributed by atoms with Gasteiger partial charge in [-0.3, -0.25) is 14.4 Å². The number of fused-ring (bicyclic) bond motifs is 2. The van der Waals surface area contributed by atoms with Crippen molar-refractivity contribution in [3.8, 4) is 11.8 Å². The smallest absolute Gasteiger partial charge is 0.320 e. The Morgan fingerprint density at radius 3 is 2.76 bits per heavy atom. The minimum Gasteiger partial charge on any atom is -0.756 e. The number of nitrogens with zero attached hydrogens (tertiary/aromatic N) is 4. The van der Waals surface area contributed by atoms with Crippen LogP contribution < -0.4 is 15.5 Å². The molecule has 2 fully saturated rings. The summed E-state index contributed by atoms with van der Waals surface area (Å²) in [6.45, 7) is 1.91. The van der Waals surface area contributed by atoms with E-state index in [2.05, 4.69) is 42.0 Å². The first-order valence-corrected chi connectivity index (χ1v) is 13.3. The van der Waals surface area contributed by atoms with Crippen LogP contribution in [0.15, 0.2) is 43.0 Å². The van der Waals surface area contributed by atoms with E-state index in [1.165, 1.54) is 12.7 Å². The van der Waals surface area contributed by atoms with Gasteiger partial charge in [-0.1, -0.05) is 31.0 Å². The Bertz CT molecular complexity index is 1400.